The van der Waals surface area contributed by atoms with Gasteiger partial charge in [0, 0.05) is 0 Å². The third-order valence-electron chi connectivity index (χ3n) is 8.69. The van der Waals surface area contributed by atoms with Crippen molar-refractivity contribution in [3.05, 3.63) is 29.3 Å². The summed E-state index contributed by atoms with van der Waals surface area (Å²) in [5, 5.41) is 49.6. The number of hydrogen-bond donors (Lipinski definition) is 5. The van der Waals surface area contributed by atoms with Crippen LogP contribution >= 0.6 is 0 Å². The lowest BCUT2D eigenvalue weighted by Gasteiger charge is -2.50. The fourth-order valence-electron chi connectivity index (χ4n) is 6.82. The number of ether oxygens (including phenoxy) is 2. The number of carbonyl (C=O) groups is 1. The molecule has 3 aliphatic carbocycles. The second kappa shape index (κ2) is 8.04. The predicted molar refractivity (Wildman–Crippen MR) is 112 cm³/mol. The lowest BCUT2D eigenvalue weighted by Crippen LogP contribution is -2.60. The van der Waals surface area contributed by atoms with Crippen molar-refractivity contribution in [2.45, 2.75) is 88.2 Å². The summed E-state index contributed by atoms with van der Waals surface area (Å²) < 4.78 is 10.4. The predicted octanol–water partition coefficient (Wildman–Crippen LogP) is 0.609. The average molecular weight is 449 g/mol. The first-order valence-corrected chi connectivity index (χ1v) is 11.6. The van der Waals surface area contributed by atoms with E-state index >= 15 is 0 Å². The number of carbonyl (C=O) groups excluding carboxylic acids is 1. The van der Waals surface area contributed by atoms with Crippen molar-refractivity contribution in [2.24, 2.45) is 17.3 Å². The van der Waals surface area contributed by atoms with E-state index in [1.807, 2.05) is 12.1 Å². The zero-order valence-electron chi connectivity index (χ0n) is 18.1. The number of fused-ring (bicyclic) bond motifs is 5. The molecule has 3 fully saturated rings. The van der Waals surface area contributed by atoms with Crippen molar-refractivity contribution in [1.82, 2.24) is 0 Å². The van der Waals surface area contributed by atoms with Gasteiger partial charge in [-0.15, -0.1) is 0 Å². The third kappa shape index (κ3) is 3.40. The van der Waals surface area contributed by atoms with Crippen LogP contribution in [0, 0.1) is 17.3 Å². The first-order chi connectivity index (χ1) is 15.2. The molecule has 1 heterocycles. The minimum Gasteiger partial charge on any atom is -0.425 e. The summed E-state index contributed by atoms with van der Waals surface area (Å²) in [5.41, 5.74) is 2.45. The van der Waals surface area contributed by atoms with Gasteiger partial charge in [-0.05, 0) is 85.0 Å². The highest BCUT2D eigenvalue weighted by molar-refractivity contribution is 5.78. The molecule has 4 aliphatic rings. The van der Waals surface area contributed by atoms with E-state index in [0.717, 1.165) is 44.1 Å². The topological polar surface area (TPSA) is 137 Å². The van der Waals surface area contributed by atoms with Gasteiger partial charge in [0.1, 0.15) is 24.1 Å². The van der Waals surface area contributed by atoms with Crippen LogP contribution in [0.4, 0.5) is 0 Å². The number of esters is 1. The quantitative estimate of drug-likeness (QED) is 0.328. The normalized spacial score (nSPS) is 45.5. The number of aryl methyl sites for hydroxylation is 1. The molecular weight excluding hydrogens is 416 g/mol. The van der Waals surface area contributed by atoms with E-state index < -0.39 is 36.7 Å². The molecule has 5 rings (SSSR count). The van der Waals surface area contributed by atoms with Gasteiger partial charge < -0.3 is 35.0 Å². The highest BCUT2D eigenvalue weighted by atomic mass is 16.7. The summed E-state index contributed by atoms with van der Waals surface area (Å²) in [6.45, 7) is 2.25. The maximum Gasteiger partial charge on any atom is 0.343 e. The van der Waals surface area contributed by atoms with Crippen LogP contribution in [0.25, 0.3) is 0 Å². The summed E-state index contributed by atoms with van der Waals surface area (Å²) in [6, 6.07) is 5.58. The Morgan fingerprint density at radius 1 is 1.03 bits per heavy atom. The molecule has 32 heavy (non-hydrogen) atoms. The summed E-state index contributed by atoms with van der Waals surface area (Å²) in [4.78, 5) is 12.5. The molecule has 1 aromatic carbocycles. The van der Waals surface area contributed by atoms with Gasteiger partial charge in [-0.25, -0.2) is 4.79 Å². The van der Waals surface area contributed by atoms with Crippen LogP contribution in [0.1, 0.15) is 56.1 Å². The van der Waals surface area contributed by atoms with Crippen LogP contribution in [0.15, 0.2) is 18.2 Å². The average Bonchev–Trinajstić information content (AvgIpc) is 3.09. The Balaban J connectivity index is 1.31. The maximum absolute atomic E-state index is 12.5. The molecule has 1 aromatic rings. The van der Waals surface area contributed by atoms with Gasteiger partial charge in [0.15, 0.2) is 12.4 Å². The molecule has 0 unspecified atom stereocenters. The Kier molecular flexibility index (Phi) is 5.59. The molecule has 0 amide bonds. The van der Waals surface area contributed by atoms with Crippen molar-refractivity contribution in [2.75, 3.05) is 0 Å². The Morgan fingerprint density at radius 3 is 2.59 bits per heavy atom. The highest BCUT2D eigenvalue weighted by Crippen LogP contribution is 2.60. The first kappa shape index (κ1) is 22.3. The molecule has 0 radical (unpaired) electrons. The molecule has 1 saturated heterocycles. The van der Waals surface area contributed by atoms with Gasteiger partial charge in [-0.2, -0.15) is 0 Å². The Morgan fingerprint density at radius 2 is 1.81 bits per heavy atom. The van der Waals surface area contributed by atoms with Crippen LogP contribution < -0.4 is 4.74 Å². The van der Waals surface area contributed by atoms with Gasteiger partial charge in [-0.3, -0.25) is 0 Å². The van der Waals surface area contributed by atoms with E-state index in [9.17, 15) is 30.3 Å². The summed E-state index contributed by atoms with van der Waals surface area (Å²) >= 11 is 0. The molecule has 2 saturated carbocycles. The second-order valence-corrected chi connectivity index (χ2v) is 10.3. The maximum atomic E-state index is 12.5. The van der Waals surface area contributed by atoms with Gasteiger partial charge in [0.25, 0.3) is 0 Å². The van der Waals surface area contributed by atoms with Crippen LogP contribution in [0.5, 0.6) is 5.75 Å². The van der Waals surface area contributed by atoms with E-state index in [-0.39, 0.29) is 11.5 Å². The number of benzene rings is 1. The van der Waals surface area contributed by atoms with E-state index in [2.05, 4.69) is 6.92 Å². The lowest BCUT2D eigenvalue weighted by molar-refractivity contribution is -0.279. The van der Waals surface area contributed by atoms with Crippen LogP contribution in [0.3, 0.4) is 0 Å². The summed E-state index contributed by atoms with van der Waals surface area (Å²) in [7, 11) is 0. The van der Waals surface area contributed by atoms with Crippen molar-refractivity contribution < 1.29 is 39.8 Å². The SMILES string of the molecule is C[C@]12CC[C@@H]3c4ccc(OC(=O)[C@H]5O[C@@H](O)[C@H](O)[C@@H](O)[C@@H]5O)cc4CC[C@H]3[C@@H]1CC[C@@H]2O. The van der Waals surface area contributed by atoms with Crippen molar-refractivity contribution >= 4 is 5.97 Å². The van der Waals surface area contributed by atoms with Crippen LogP contribution in [-0.4, -0.2) is 68.3 Å². The molecule has 10 atom stereocenters. The Hall–Kier alpha value is -1.55. The zero-order chi connectivity index (χ0) is 22.8. The van der Waals surface area contributed by atoms with Gasteiger partial charge in [-0.1, -0.05) is 13.0 Å². The highest BCUT2D eigenvalue weighted by Gasteiger charge is 2.54. The summed E-state index contributed by atoms with van der Waals surface area (Å²) in [6.07, 6.45) is -2.78. The first-order valence-electron chi connectivity index (χ1n) is 11.6. The zero-order valence-corrected chi connectivity index (χ0v) is 18.1. The molecule has 176 valence electrons. The Bertz CT molecular complexity index is 889. The van der Waals surface area contributed by atoms with E-state index in [1.165, 1.54) is 5.56 Å². The van der Waals surface area contributed by atoms with E-state index in [0.29, 0.717) is 23.5 Å². The van der Waals surface area contributed by atoms with Gasteiger partial charge in [0.2, 0.25) is 0 Å². The number of aliphatic hydroxyl groups excluding tert-OH is 5. The molecule has 8 heteroatoms. The van der Waals surface area contributed by atoms with Gasteiger partial charge in [0.05, 0.1) is 6.10 Å². The number of aliphatic hydroxyl groups is 5. The molecule has 0 aromatic heterocycles. The fourth-order valence-corrected chi connectivity index (χ4v) is 6.82. The van der Waals surface area contributed by atoms with E-state index in [4.69, 9.17) is 9.47 Å². The lowest BCUT2D eigenvalue weighted by atomic mass is 9.55. The molecule has 5 N–H and O–H groups in total. The minimum atomic E-state index is -1.79. The molecular formula is C24H32O8. The molecule has 1 aliphatic heterocycles. The Labute approximate surface area is 186 Å². The largest absolute Gasteiger partial charge is 0.425 e. The van der Waals surface area contributed by atoms with Gasteiger partial charge >= 0.3 is 5.97 Å². The van der Waals surface area contributed by atoms with Crippen molar-refractivity contribution in [3.63, 3.8) is 0 Å². The number of rotatable bonds is 2. The monoisotopic (exact) mass is 448 g/mol. The number of hydrogen-bond acceptors (Lipinski definition) is 8. The minimum absolute atomic E-state index is 0.0255. The van der Waals surface area contributed by atoms with Crippen molar-refractivity contribution in [3.8, 4) is 5.75 Å². The second-order valence-electron chi connectivity index (χ2n) is 10.3. The smallest absolute Gasteiger partial charge is 0.343 e. The fraction of sp³-hybridized carbons (Fsp3) is 0.708. The van der Waals surface area contributed by atoms with Crippen LogP contribution in [0.2, 0.25) is 0 Å². The van der Waals surface area contributed by atoms with E-state index in [1.54, 1.807) is 6.07 Å². The summed E-state index contributed by atoms with van der Waals surface area (Å²) in [5.74, 6) is 0.925. The standard InChI is InChI=1S/C24H32O8/c1-24-9-8-14-13-5-3-12(10-11(13)2-4-15(14)16(24)6-7-17(24)25)31-23(30)21-19(27)18(26)20(28)22(29)32-21/h3,5,10,14-22,25-29H,2,4,6-9H2,1H3/t14-,15-,16+,17+,18+,19+,20-,21+,22-,24+/m1/s1. The molecule has 8 nitrogen and oxygen atoms in total. The van der Waals surface area contributed by atoms with Crippen LogP contribution in [-0.2, 0) is 16.0 Å². The molecule has 0 spiro atoms. The van der Waals surface area contributed by atoms with Crippen molar-refractivity contribution in [1.29, 1.82) is 0 Å². The third-order valence-corrected chi connectivity index (χ3v) is 8.69. The molecule has 0 bridgehead atoms.